The van der Waals surface area contributed by atoms with Crippen molar-refractivity contribution < 1.29 is 4.79 Å². The van der Waals surface area contributed by atoms with Crippen molar-refractivity contribution in [2.75, 3.05) is 5.32 Å². The molecule has 70 valence electrons. The van der Waals surface area contributed by atoms with Crippen LogP contribution in [-0.2, 0) is 4.79 Å². The second-order valence-electron chi connectivity index (χ2n) is 3.19. The first-order valence-electron chi connectivity index (χ1n) is 4.19. The highest BCUT2D eigenvalue weighted by Crippen LogP contribution is 2.02. The molecule has 0 aromatic carbocycles. The highest BCUT2D eigenvalue weighted by atomic mass is 16.1. The number of nitrogens with zero attached hydrogens (tertiary/aromatic N) is 2. The van der Waals surface area contributed by atoms with Crippen LogP contribution in [0.15, 0.2) is 12.4 Å². The molecule has 1 amide bonds. The molecule has 1 rings (SSSR count). The molecular weight excluding hydrogens is 166 g/mol. The van der Waals surface area contributed by atoms with Gasteiger partial charge in [0.05, 0.1) is 18.1 Å². The Morgan fingerprint density at radius 3 is 2.54 bits per heavy atom. The number of anilines is 1. The average Bonchev–Trinajstić information content (AvgIpc) is 2.08. The molecule has 13 heavy (non-hydrogen) atoms. The van der Waals surface area contributed by atoms with E-state index in [-0.39, 0.29) is 11.8 Å². The molecule has 4 heteroatoms. The summed E-state index contributed by atoms with van der Waals surface area (Å²) in [6, 6.07) is 0. The molecule has 0 spiro atoms. The number of aromatic nitrogens is 2. The van der Waals surface area contributed by atoms with Crippen LogP contribution in [0.3, 0.4) is 0 Å². The van der Waals surface area contributed by atoms with Gasteiger partial charge in [-0.3, -0.25) is 9.78 Å². The maximum atomic E-state index is 11.2. The Balaban J connectivity index is 2.65. The van der Waals surface area contributed by atoms with Crippen LogP contribution in [0.1, 0.15) is 19.5 Å². The first kappa shape index (κ1) is 9.64. The Morgan fingerprint density at radius 1 is 1.38 bits per heavy atom. The minimum Gasteiger partial charge on any atom is -0.309 e. The van der Waals surface area contributed by atoms with Crippen LogP contribution in [0.5, 0.6) is 0 Å². The van der Waals surface area contributed by atoms with Crippen LogP contribution in [-0.4, -0.2) is 15.9 Å². The van der Waals surface area contributed by atoms with Gasteiger partial charge in [0.25, 0.3) is 0 Å². The largest absolute Gasteiger partial charge is 0.309 e. The third-order valence-corrected chi connectivity index (χ3v) is 1.56. The molecule has 1 N–H and O–H groups in total. The Labute approximate surface area is 77.4 Å². The van der Waals surface area contributed by atoms with Gasteiger partial charge in [-0.1, -0.05) is 13.8 Å². The Kier molecular flexibility index (Phi) is 2.95. The summed E-state index contributed by atoms with van der Waals surface area (Å²) in [7, 11) is 0. The van der Waals surface area contributed by atoms with Crippen molar-refractivity contribution in [2.24, 2.45) is 5.92 Å². The molecule has 0 saturated carbocycles. The van der Waals surface area contributed by atoms with E-state index in [4.69, 9.17) is 0 Å². The average molecular weight is 179 g/mol. The summed E-state index contributed by atoms with van der Waals surface area (Å²) in [6.45, 7) is 5.51. The first-order valence-corrected chi connectivity index (χ1v) is 4.19. The first-order chi connectivity index (χ1) is 6.09. The predicted molar refractivity (Wildman–Crippen MR) is 50.2 cm³/mol. The Morgan fingerprint density at radius 2 is 2.08 bits per heavy atom. The van der Waals surface area contributed by atoms with Crippen molar-refractivity contribution in [1.29, 1.82) is 0 Å². The SMILES string of the molecule is Cc1cnc(NC(=O)C(C)C)cn1. The fourth-order valence-corrected chi connectivity index (χ4v) is 0.728. The molecule has 4 nitrogen and oxygen atoms in total. The molecule has 0 aliphatic carbocycles. The summed E-state index contributed by atoms with van der Waals surface area (Å²) in [5, 5.41) is 2.66. The molecule has 1 aromatic rings. The van der Waals surface area contributed by atoms with Crippen molar-refractivity contribution in [3.63, 3.8) is 0 Å². The van der Waals surface area contributed by atoms with E-state index in [2.05, 4.69) is 15.3 Å². The summed E-state index contributed by atoms with van der Waals surface area (Å²) >= 11 is 0. The number of carbonyl (C=O) groups is 1. The van der Waals surface area contributed by atoms with Crippen molar-refractivity contribution in [3.05, 3.63) is 18.1 Å². The van der Waals surface area contributed by atoms with E-state index in [0.717, 1.165) is 5.69 Å². The van der Waals surface area contributed by atoms with E-state index < -0.39 is 0 Å². The van der Waals surface area contributed by atoms with Crippen molar-refractivity contribution in [1.82, 2.24) is 9.97 Å². The molecule has 0 atom stereocenters. The van der Waals surface area contributed by atoms with Gasteiger partial charge in [-0.2, -0.15) is 0 Å². The molecule has 0 saturated heterocycles. The maximum Gasteiger partial charge on any atom is 0.228 e. The van der Waals surface area contributed by atoms with Gasteiger partial charge in [0, 0.05) is 5.92 Å². The predicted octanol–water partition coefficient (Wildman–Crippen LogP) is 1.38. The lowest BCUT2D eigenvalue weighted by atomic mass is 10.2. The van der Waals surface area contributed by atoms with Crippen molar-refractivity contribution in [2.45, 2.75) is 20.8 Å². The number of hydrogen-bond donors (Lipinski definition) is 1. The molecule has 0 radical (unpaired) electrons. The van der Waals surface area contributed by atoms with E-state index in [0.29, 0.717) is 5.82 Å². The van der Waals surface area contributed by atoms with Crippen LogP contribution in [0.2, 0.25) is 0 Å². The van der Waals surface area contributed by atoms with Crippen LogP contribution in [0.4, 0.5) is 5.82 Å². The van der Waals surface area contributed by atoms with E-state index in [1.165, 1.54) is 0 Å². The number of amides is 1. The number of aryl methyl sites for hydroxylation is 1. The van der Waals surface area contributed by atoms with Gasteiger partial charge in [-0.05, 0) is 6.92 Å². The topological polar surface area (TPSA) is 54.9 Å². The fraction of sp³-hybridized carbons (Fsp3) is 0.444. The van der Waals surface area contributed by atoms with Gasteiger partial charge >= 0.3 is 0 Å². The second-order valence-corrected chi connectivity index (χ2v) is 3.19. The van der Waals surface area contributed by atoms with Crippen molar-refractivity contribution >= 4 is 11.7 Å². The number of nitrogens with one attached hydrogen (secondary N) is 1. The third kappa shape index (κ3) is 2.82. The maximum absolute atomic E-state index is 11.2. The molecule has 0 unspecified atom stereocenters. The minimum absolute atomic E-state index is 0.0388. The normalized spacial score (nSPS) is 10.2. The molecule has 0 fully saturated rings. The summed E-state index contributed by atoms with van der Waals surface area (Å²) < 4.78 is 0. The van der Waals surface area contributed by atoms with E-state index in [9.17, 15) is 4.79 Å². The lowest BCUT2D eigenvalue weighted by Crippen LogP contribution is -2.18. The monoisotopic (exact) mass is 179 g/mol. The molecule has 0 bridgehead atoms. The van der Waals surface area contributed by atoms with E-state index in [1.54, 1.807) is 12.4 Å². The van der Waals surface area contributed by atoms with Gasteiger partial charge in [0.2, 0.25) is 5.91 Å². The quantitative estimate of drug-likeness (QED) is 0.746. The molecule has 1 heterocycles. The highest BCUT2D eigenvalue weighted by Gasteiger charge is 2.07. The zero-order valence-corrected chi connectivity index (χ0v) is 8.03. The zero-order chi connectivity index (χ0) is 9.84. The van der Waals surface area contributed by atoms with Gasteiger partial charge in [0.1, 0.15) is 0 Å². The molecule has 0 aliphatic rings. The third-order valence-electron chi connectivity index (χ3n) is 1.56. The van der Waals surface area contributed by atoms with Gasteiger partial charge in [-0.25, -0.2) is 4.98 Å². The Bertz CT molecular complexity index is 292. The van der Waals surface area contributed by atoms with Gasteiger partial charge in [0.15, 0.2) is 5.82 Å². The summed E-state index contributed by atoms with van der Waals surface area (Å²) in [5.74, 6) is 0.422. The lowest BCUT2D eigenvalue weighted by molar-refractivity contribution is -0.118. The summed E-state index contributed by atoms with van der Waals surface area (Å²) in [6.07, 6.45) is 3.17. The number of carbonyl (C=O) groups excluding carboxylic acids is 1. The summed E-state index contributed by atoms with van der Waals surface area (Å²) in [4.78, 5) is 19.2. The highest BCUT2D eigenvalue weighted by molar-refractivity contribution is 5.90. The summed E-state index contributed by atoms with van der Waals surface area (Å²) in [5.41, 5.74) is 0.836. The number of rotatable bonds is 2. The Hall–Kier alpha value is -1.45. The zero-order valence-electron chi connectivity index (χ0n) is 8.03. The van der Waals surface area contributed by atoms with Gasteiger partial charge in [-0.15, -0.1) is 0 Å². The molecule has 1 aromatic heterocycles. The van der Waals surface area contributed by atoms with Crippen LogP contribution >= 0.6 is 0 Å². The smallest absolute Gasteiger partial charge is 0.228 e. The van der Waals surface area contributed by atoms with Crippen LogP contribution in [0.25, 0.3) is 0 Å². The van der Waals surface area contributed by atoms with Crippen LogP contribution < -0.4 is 5.32 Å². The number of hydrogen-bond acceptors (Lipinski definition) is 3. The van der Waals surface area contributed by atoms with E-state index in [1.807, 2.05) is 20.8 Å². The lowest BCUT2D eigenvalue weighted by Gasteiger charge is -2.05. The standard InChI is InChI=1S/C9H13N3O/c1-6(2)9(13)12-8-5-10-7(3)4-11-8/h4-6H,1-3H3,(H,11,12,13). The minimum atomic E-state index is -0.0434. The fourth-order valence-electron chi connectivity index (χ4n) is 0.728. The van der Waals surface area contributed by atoms with Crippen molar-refractivity contribution in [3.8, 4) is 0 Å². The molecular formula is C9H13N3O. The van der Waals surface area contributed by atoms with Crippen LogP contribution in [0, 0.1) is 12.8 Å². The van der Waals surface area contributed by atoms with Gasteiger partial charge < -0.3 is 5.32 Å². The van der Waals surface area contributed by atoms with E-state index >= 15 is 0 Å². The molecule has 0 aliphatic heterocycles. The second kappa shape index (κ2) is 3.98.